The van der Waals surface area contributed by atoms with Crippen molar-refractivity contribution in [1.29, 1.82) is 0 Å². The number of amides is 2. The zero-order chi connectivity index (χ0) is 20.2. The van der Waals surface area contributed by atoms with E-state index in [2.05, 4.69) is 15.6 Å². The molecule has 1 saturated heterocycles. The first-order valence-electron chi connectivity index (χ1n) is 10.6. The zero-order valence-corrected chi connectivity index (χ0v) is 16.3. The van der Waals surface area contributed by atoms with Gasteiger partial charge in [0, 0.05) is 30.9 Å². The zero-order valence-electron chi connectivity index (χ0n) is 16.3. The molecule has 158 valence electrons. The van der Waals surface area contributed by atoms with Gasteiger partial charge in [-0.3, -0.25) is 0 Å². The predicted molar refractivity (Wildman–Crippen MR) is 102 cm³/mol. The molecular formula is C21H27F3N4O. The fraction of sp³-hybridized carbons (Fsp3) is 0.714. The third-order valence-corrected chi connectivity index (χ3v) is 7.34. The van der Waals surface area contributed by atoms with Gasteiger partial charge < -0.3 is 15.5 Å². The number of anilines is 1. The monoisotopic (exact) mass is 408 g/mol. The molecule has 0 radical (unpaired) electrons. The van der Waals surface area contributed by atoms with Crippen molar-refractivity contribution in [2.45, 2.75) is 62.7 Å². The Bertz CT molecular complexity index is 744. The summed E-state index contributed by atoms with van der Waals surface area (Å²) < 4.78 is 38.1. The van der Waals surface area contributed by atoms with Crippen molar-refractivity contribution < 1.29 is 18.0 Å². The Morgan fingerprint density at radius 2 is 1.76 bits per heavy atom. The summed E-state index contributed by atoms with van der Waals surface area (Å²) >= 11 is 0. The Hall–Kier alpha value is -1.99. The van der Waals surface area contributed by atoms with Gasteiger partial charge in [-0.25, -0.2) is 9.78 Å². The summed E-state index contributed by atoms with van der Waals surface area (Å²) in [7, 11) is 0. The first kappa shape index (κ1) is 19.0. The lowest BCUT2D eigenvalue weighted by Gasteiger charge is -2.56. The maximum atomic E-state index is 12.7. The lowest BCUT2D eigenvalue weighted by atomic mass is 9.53. The van der Waals surface area contributed by atoms with Crippen LogP contribution in [0.2, 0.25) is 0 Å². The molecule has 0 aromatic carbocycles. The molecule has 0 spiro atoms. The highest BCUT2D eigenvalue weighted by molar-refractivity contribution is 5.75. The van der Waals surface area contributed by atoms with Gasteiger partial charge >= 0.3 is 12.2 Å². The summed E-state index contributed by atoms with van der Waals surface area (Å²) in [5, 5.41) is 6.41. The summed E-state index contributed by atoms with van der Waals surface area (Å²) in [6.07, 6.45) is 4.58. The Morgan fingerprint density at radius 3 is 2.31 bits per heavy atom. The van der Waals surface area contributed by atoms with Crippen LogP contribution in [0, 0.1) is 17.8 Å². The Morgan fingerprint density at radius 1 is 1.10 bits per heavy atom. The van der Waals surface area contributed by atoms with Gasteiger partial charge in [0.15, 0.2) is 0 Å². The van der Waals surface area contributed by atoms with Crippen LogP contribution in [0.3, 0.4) is 0 Å². The van der Waals surface area contributed by atoms with E-state index in [4.69, 9.17) is 0 Å². The smallest absolute Gasteiger partial charge is 0.354 e. The summed E-state index contributed by atoms with van der Waals surface area (Å²) in [6, 6.07) is 2.34. The lowest BCUT2D eigenvalue weighted by Crippen LogP contribution is -2.62. The van der Waals surface area contributed by atoms with Gasteiger partial charge in [0.2, 0.25) is 0 Å². The standard InChI is InChI=1S/C21H27F3N4O/c22-21(23,24)16-1-2-18(25-11-16)28-4-3-17(12-28)26-19(29)27-20-8-13-5-14(9-20)7-15(6-13)10-20/h1-2,11,13-15,17H,3-10,12H2,(H2,26,27,29). The molecule has 2 amide bonds. The second-order valence-corrected chi connectivity index (χ2v) is 9.63. The number of carbonyl (C=O) groups excluding carboxylic acids is 1. The SMILES string of the molecule is O=C(NC1CCN(c2ccc(C(F)(F)F)cn2)C1)NC12CC3CC(CC(C3)C1)C2. The highest BCUT2D eigenvalue weighted by Gasteiger charge is 2.51. The molecule has 8 heteroatoms. The van der Waals surface area contributed by atoms with Crippen LogP contribution in [0.5, 0.6) is 0 Å². The van der Waals surface area contributed by atoms with Crippen molar-refractivity contribution in [2.24, 2.45) is 17.8 Å². The topological polar surface area (TPSA) is 57.3 Å². The summed E-state index contributed by atoms with van der Waals surface area (Å²) in [6.45, 7) is 1.23. The van der Waals surface area contributed by atoms with E-state index >= 15 is 0 Å². The fourth-order valence-corrected chi connectivity index (χ4v) is 6.55. The summed E-state index contributed by atoms with van der Waals surface area (Å²) in [5.74, 6) is 2.83. The van der Waals surface area contributed by atoms with Crippen LogP contribution in [0.25, 0.3) is 0 Å². The molecule has 2 N–H and O–H groups in total. The van der Waals surface area contributed by atoms with Gasteiger partial charge in [0.25, 0.3) is 0 Å². The molecule has 4 saturated carbocycles. The number of nitrogens with one attached hydrogen (secondary N) is 2. The largest absolute Gasteiger partial charge is 0.417 e. The van der Waals surface area contributed by atoms with Crippen molar-refractivity contribution in [2.75, 3.05) is 18.0 Å². The Labute approximate surface area is 168 Å². The number of rotatable bonds is 3. The van der Waals surface area contributed by atoms with Crippen LogP contribution in [0.1, 0.15) is 50.5 Å². The van der Waals surface area contributed by atoms with Crippen LogP contribution in [0.4, 0.5) is 23.8 Å². The van der Waals surface area contributed by atoms with Gasteiger partial charge in [-0.2, -0.15) is 13.2 Å². The molecule has 4 aliphatic carbocycles. The van der Waals surface area contributed by atoms with E-state index in [9.17, 15) is 18.0 Å². The molecule has 1 unspecified atom stereocenters. The lowest BCUT2D eigenvalue weighted by molar-refractivity contribution is -0.137. The molecule has 5 aliphatic rings. The van der Waals surface area contributed by atoms with Crippen molar-refractivity contribution >= 4 is 11.8 Å². The van der Waals surface area contributed by atoms with E-state index < -0.39 is 11.7 Å². The molecular weight excluding hydrogens is 381 g/mol. The van der Waals surface area contributed by atoms with Crippen molar-refractivity contribution in [3.8, 4) is 0 Å². The Kier molecular flexibility index (Phi) is 4.44. The molecule has 6 rings (SSSR count). The van der Waals surface area contributed by atoms with Gasteiger partial charge in [-0.05, 0) is 74.8 Å². The molecule has 29 heavy (non-hydrogen) atoms. The fourth-order valence-electron chi connectivity index (χ4n) is 6.55. The minimum atomic E-state index is -4.38. The van der Waals surface area contributed by atoms with Crippen LogP contribution in [0.15, 0.2) is 18.3 Å². The molecule has 2 heterocycles. The van der Waals surface area contributed by atoms with Crippen LogP contribution in [-0.2, 0) is 6.18 Å². The molecule has 1 aromatic heterocycles. The molecule has 4 bridgehead atoms. The normalized spacial score (nSPS) is 35.8. The number of hydrogen-bond donors (Lipinski definition) is 2. The quantitative estimate of drug-likeness (QED) is 0.796. The van der Waals surface area contributed by atoms with Crippen LogP contribution in [-0.4, -0.2) is 35.7 Å². The average molecular weight is 408 g/mol. The van der Waals surface area contributed by atoms with E-state index in [1.807, 2.05) is 4.90 Å². The van der Waals surface area contributed by atoms with E-state index in [1.165, 1.54) is 25.3 Å². The third-order valence-electron chi connectivity index (χ3n) is 7.34. The van der Waals surface area contributed by atoms with Gasteiger partial charge in [0.05, 0.1) is 5.56 Å². The van der Waals surface area contributed by atoms with Crippen LogP contribution >= 0.6 is 0 Å². The van der Waals surface area contributed by atoms with Gasteiger partial charge in [0.1, 0.15) is 5.82 Å². The average Bonchev–Trinajstić information content (AvgIpc) is 3.07. The van der Waals surface area contributed by atoms with Crippen molar-refractivity contribution in [1.82, 2.24) is 15.6 Å². The number of aromatic nitrogens is 1. The second kappa shape index (κ2) is 6.77. The highest BCUT2D eigenvalue weighted by Crippen LogP contribution is 2.55. The molecule has 5 fully saturated rings. The molecule has 1 atom stereocenters. The molecule has 5 nitrogen and oxygen atoms in total. The number of hydrogen-bond acceptors (Lipinski definition) is 3. The maximum absolute atomic E-state index is 12.7. The number of urea groups is 1. The number of halogens is 3. The minimum absolute atomic E-state index is 0.0204. The summed E-state index contributed by atoms with van der Waals surface area (Å²) in [4.78, 5) is 18.6. The van der Waals surface area contributed by atoms with Crippen molar-refractivity contribution in [3.05, 3.63) is 23.9 Å². The number of pyridine rings is 1. The first-order chi connectivity index (χ1) is 13.8. The number of alkyl halides is 3. The molecule has 1 aliphatic heterocycles. The number of nitrogens with zero attached hydrogens (tertiary/aromatic N) is 2. The minimum Gasteiger partial charge on any atom is -0.354 e. The Balaban J connectivity index is 1.16. The van der Waals surface area contributed by atoms with Crippen molar-refractivity contribution in [3.63, 3.8) is 0 Å². The van der Waals surface area contributed by atoms with E-state index in [1.54, 1.807) is 0 Å². The third kappa shape index (κ3) is 3.78. The second-order valence-electron chi connectivity index (χ2n) is 9.63. The number of carbonyl (C=O) groups is 1. The van der Waals surface area contributed by atoms with Crippen LogP contribution < -0.4 is 15.5 Å². The van der Waals surface area contributed by atoms with Gasteiger partial charge in [-0.15, -0.1) is 0 Å². The van der Waals surface area contributed by atoms with E-state index in [0.29, 0.717) is 18.9 Å². The summed E-state index contributed by atoms with van der Waals surface area (Å²) in [5.41, 5.74) is -0.767. The van der Waals surface area contributed by atoms with Gasteiger partial charge in [-0.1, -0.05) is 0 Å². The van der Waals surface area contributed by atoms with E-state index in [-0.39, 0.29) is 17.6 Å². The highest BCUT2D eigenvalue weighted by atomic mass is 19.4. The molecule has 1 aromatic rings. The van der Waals surface area contributed by atoms with E-state index in [0.717, 1.165) is 55.7 Å². The maximum Gasteiger partial charge on any atom is 0.417 e. The first-order valence-corrected chi connectivity index (χ1v) is 10.6. The predicted octanol–water partition coefficient (Wildman–Crippen LogP) is 3.95.